The van der Waals surface area contributed by atoms with Crippen LogP contribution in [0.5, 0.6) is 5.75 Å². The summed E-state index contributed by atoms with van der Waals surface area (Å²) in [6.45, 7) is 3.97. The lowest BCUT2D eigenvalue weighted by Gasteiger charge is -2.23. The highest BCUT2D eigenvalue weighted by atomic mass is 32.1. The molecule has 1 unspecified atom stereocenters. The lowest BCUT2D eigenvalue weighted by molar-refractivity contribution is -0.118. The van der Waals surface area contributed by atoms with Crippen LogP contribution in [0.2, 0.25) is 0 Å². The summed E-state index contributed by atoms with van der Waals surface area (Å²) >= 11 is 4.33. The standard InChI is InChI=1S/C13H19NO2S/c1-9(2)12(17)13(15)14(3)10-5-7-11(16-4)8-6-10/h5-9,12,17H,1-4H3. The molecule has 0 radical (unpaired) electrons. The van der Waals surface area contributed by atoms with Gasteiger partial charge in [-0.3, -0.25) is 4.79 Å². The van der Waals surface area contributed by atoms with Crippen LogP contribution in [0.1, 0.15) is 13.8 Å². The Labute approximate surface area is 108 Å². The third-order valence-corrected chi connectivity index (χ3v) is 3.49. The number of carbonyl (C=O) groups is 1. The fraction of sp³-hybridized carbons (Fsp3) is 0.462. The van der Waals surface area contributed by atoms with Gasteiger partial charge in [0.25, 0.3) is 0 Å². The lowest BCUT2D eigenvalue weighted by Crippen LogP contribution is -2.36. The molecule has 0 aromatic heterocycles. The first-order valence-electron chi connectivity index (χ1n) is 5.57. The molecule has 0 aliphatic carbocycles. The van der Waals surface area contributed by atoms with Crippen molar-refractivity contribution >= 4 is 24.2 Å². The lowest BCUT2D eigenvalue weighted by atomic mass is 10.1. The summed E-state index contributed by atoms with van der Waals surface area (Å²) < 4.78 is 5.08. The third kappa shape index (κ3) is 3.40. The van der Waals surface area contributed by atoms with Crippen LogP contribution < -0.4 is 9.64 Å². The highest BCUT2D eigenvalue weighted by Crippen LogP contribution is 2.21. The van der Waals surface area contributed by atoms with Crippen molar-refractivity contribution in [3.8, 4) is 5.75 Å². The molecule has 0 spiro atoms. The van der Waals surface area contributed by atoms with E-state index in [1.54, 1.807) is 19.1 Å². The predicted octanol–water partition coefficient (Wildman–Crippen LogP) is 2.61. The molecule has 1 amide bonds. The normalized spacial score (nSPS) is 12.4. The van der Waals surface area contributed by atoms with Crippen molar-refractivity contribution in [1.29, 1.82) is 0 Å². The van der Waals surface area contributed by atoms with E-state index in [1.807, 2.05) is 38.1 Å². The van der Waals surface area contributed by atoms with Gasteiger partial charge in [-0.15, -0.1) is 0 Å². The van der Waals surface area contributed by atoms with Gasteiger partial charge in [0, 0.05) is 12.7 Å². The number of rotatable bonds is 4. The van der Waals surface area contributed by atoms with E-state index in [4.69, 9.17) is 4.74 Å². The summed E-state index contributed by atoms with van der Waals surface area (Å²) in [6.07, 6.45) is 0. The van der Waals surface area contributed by atoms with Crippen LogP contribution in [-0.2, 0) is 4.79 Å². The molecule has 0 aliphatic rings. The molecule has 0 saturated carbocycles. The van der Waals surface area contributed by atoms with Crippen molar-refractivity contribution in [2.45, 2.75) is 19.1 Å². The van der Waals surface area contributed by atoms with E-state index in [9.17, 15) is 4.79 Å². The van der Waals surface area contributed by atoms with Gasteiger partial charge in [-0.2, -0.15) is 12.6 Å². The van der Waals surface area contributed by atoms with E-state index in [0.29, 0.717) is 0 Å². The van der Waals surface area contributed by atoms with E-state index < -0.39 is 0 Å². The number of methoxy groups -OCH3 is 1. The van der Waals surface area contributed by atoms with Crippen molar-refractivity contribution in [2.24, 2.45) is 5.92 Å². The van der Waals surface area contributed by atoms with Crippen molar-refractivity contribution in [3.63, 3.8) is 0 Å². The summed E-state index contributed by atoms with van der Waals surface area (Å²) in [4.78, 5) is 13.7. The van der Waals surface area contributed by atoms with Crippen LogP contribution >= 0.6 is 12.6 Å². The van der Waals surface area contributed by atoms with Crippen LogP contribution in [0.15, 0.2) is 24.3 Å². The Bertz CT molecular complexity index is 376. The van der Waals surface area contributed by atoms with Gasteiger partial charge in [-0.05, 0) is 30.2 Å². The van der Waals surface area contributed by atoms with E-state index in [-0.39, 0.29) is 17.1 Å². The smallest absolute Gasteiger partial charge is 0.239 e. The molecule has 1 atom stereocenters. The van der Waals surface area contributed by atoms with Gasteiger partial charge >= 0.3 is 0 Å². The first-order valence-corrected chi connectivity index (χ1v) is 6.08. The number of amides is 1. The number of benzene rings is 1. The molecule has 0 N–H and O–H groups in total. The second-order valence-electron chi connectivity index (χ2n) is 4.28. The van der Waals surface area contributed by atoms with Gasteiger partial charge in [-0.1, -0.05) is 13.8 Å². The number of hydrogen-bond donors (Lipinski definition) is 1. The Morgan fingerprint density at radius 2 is 1.82 bits per heavy atom. The van der Waals surface area contributed by atoms with Crippen LogP contribution in [0.3, 0.4) is 0 Å². The molecule has 0 aliphatic heterocycles. The summed E-state index contributed by atoms with van der Waals surface area (Å²) in [5.41, 5.74) is 0.843. The maximum atomic E-state index is 12.1. The zero-order valence-corrected chi connectivity index (χ0v) is 11.6. The highest BCUT2D eigenvalue weighted by Gasteiger charge is 2.22. The Morgan fingerprint density at radius 1 is 1.29 bits per heavy atom. The summed E-state index contributed by atoms with van der Waals surface area (Å²) in [7, 11) is 3.38. The van der Waals surface area contributed by atoms with Crippen LogP contribution in [-0.4, -0.2) is 25.3 Å². The summed E-state index contributed by atoms with van der Waals surface area (Å²) in [5, 5.41) is -0.276. The third-order valence-electron chi connectivity index (χ3n) is 2.67. The molecule has 1 aromatic carbocycles. The number of nitrogens with zero attached hydrogens (tertiary/aromatic N) is 1. The molecule has 0 heterocycles. The second-order valence-corrected chi connectivity index (χ2v) is 4.84. The van der Waals surface area contributed by atoms with Crippen molar-refractivity contribution < 1.29 is 9.53 Å². The molecule has 0 bridgehead atoms. The molecular formula is C13H19NO2S. The minimum absolute atomic E-state index is 0.00787. The monoisotopic (exact) mass is 253 g/mol. The van der Waals surface area contributed by atoms with Crippen LogP contribution in [0.25, 0.3) is 0 Å². The fourth-order valence-electron chi connectivity index (χ4n) is 1.42. The largest absolute Gasteiger partial charge is 0.497 e. The molecule has 17 heavy (non-hydrogen) atoms. The first-order chi connectivity index (χ1) is 7.97. The van der Waals surface area contributed by atoms with Crippen molar-refractivity contribution in [1.82, 2.24) is 0 Å². The summed E-state index contributed by atoms with van der Waals surface area (Å²) in [5.74, 6) is 1.00. The zero-order chi connectivity index (χ0) is 13.0. The van der Waals surface area contributed by atoms with Gasteiger partial charge in [0.2, 0.25) is 5.91 Å². The second kappa shape index (κ2) is 5.96. The minimum atomic E-state index is -0.276. The Balaban J connectivity index is 2.81. The Morgan fingerprint density at radius 3 is 2.24 bits per heavy atom. The number of hydrogen-bond acceptors (Lipinski definition) is 3. The maximum absolute atomic E-state index is 12.1. The maximum Gasteiger partial charge on any atom is 0.239 e. The van der Waals surface area contributed by atoms with Gasteiger partial charge in [-0.25, -0.2) is 0 Å². The molecule has 0 fully saturated rings. The van der Waals surface area contributed by atoms with E-state index in [0.717, 1.165) is 11.4 Å². The predicted molar refractivity (Wildman–Crippen MR) is 74.0 cm³/mol. The van der Waals surface area contributed by atoms with E-state index >= 15 is 0 Å². The molecule has 4 heteroatoms. The molecule has 1 aromatic rings. The highest BCUT2D eigenvalue weighted by molar-refractivity contribution is 7.81. The Hall–Kier alpha value is -1.16. The Kier molecular flexibility index (Phi) is 4.87. The SMILES string of the molecule is COc1ccc(N(C)C(=O)C(S)C(C)C)cc1. The average molecular weight is 253 g/mol. The molecular weight excluding hydrogens is 234 g/mol. The average Bonchev–Trinajstić information content (AvgIpc) is 2.36. The van der Waals surface area contributed by atoms with Gasteiger partial charge in [0.1, 0.15) is 5.75 Å². The van der Waals surface area contributed by atoms with E-state index in [2.05, 4.69) is 12.6 Å². The van der Waals surface area contributed by atoms with Crippen molar-refractivity contribution in [3.05, 3.63) is 24.3 Å². The topological polar surface area (TPSA) is 29.5 Å². The molecule has 94 valence electrons. The first kappa shape index (κ1) is 13.9. The number of thiol groups is 1. The zero-order valence-electron chi connectivity index (χ0n) is 10.7. The molecule has 1 rings (SSSR count). The molecule has 3 nitrogen and oxygen atoms in total. The number of anilines is 1. The van der Waals surface area contributed by atoms with Crippen LogP contribution in [0.4, 0.5) is 5.69 Å². The number of carbonyl (C=O) groups excluding carboxylic acids is 1. The van der Waals surface area contributed by atoms with Crippen molar-refractivity contribution in [2.75, 3.05) is 19.1 Å². The van der Waals surface area contributed by atoms with Gasteiger partial charge in [0.05, 0.1) is 12.4 Å². The fourth-order valence-corrected chi connectivity index (χ4v) is 1.59. The van der Waals surface area contributed by atoms with Gasteiger partial charge < -0.3 is 9.64 Å². The van der Waals surface area contributed by atoms with E-state index in [1.165, 1.54) is 0 Å². The van der Waals surface area contributed by atoms with Gasteiger partial charge in [0.15, 0.2) is 0 Å². The quantitative estimate of drug-likeness (QED) is 0.836. The minimum Gasteiger partial charge on any atom is -0.497 e. The number of ether oxygens (including phenoxy) is 1. The summed E-state index contributed by atoms with van der Waals surface area (Å²) in [6, 6.07) is 7.39. The molecule has 0 saturated heterocycles. The van der Waals surface area contributed by atoms with Crippen LogP contribution in [0, 0.1) is 5.92 Å².